The molecule has 3 heterocycles. The molecule has 0 saturated heterocycles. The summed E-state index contributed by atoms with van der Waals surface area (Å²) in [5.41, 5.74) is 1.17. The number of hydrogen-bond donors (Lipinski definition) is 1. The summed E-state index contributed by atoms with van der Waals surface area (Å²) in [6.45, 7) is 0.635. The van der Waals surface area contributed by atoms with E-state index in [-0.39, 0.29) is 17.3 Å². The summed E-state index contributed by atoms with van der Waals surface area (Å²) in [5, 5.41) is 30.1. The molecule has 4 rings (SSSR count). The van der Waals surface area contributed by atoms with E-state index in [2.05, 4.69) is 31.9 Å². The van der Waals surface area contributed by atoms with Gasteiger partial charge in [0.05, 0.1) is 22.9 Å². The Morgan fingerprint density at radius 1 is 1.26 bits per heavy atom. The van der Waals surface area contributed by atoms with Crippen LogP contribution in [-0.2, 0) is 17.8 Å². The van der Waals surface area contributed by atoms with Crippen molar-refractivity contribution in [3.05, 3.63) is 62.1 Å². The highest BCUT2D eigenvalue weighted by Crippen LogP contribution is 2.27. The molecule has 1 N–H and O–H groups in total. The molecule has 13 heteroatoms. The van der Waals surface area contributed by atoms with Crippen LogP contribution in [0.3, 0.4) is 0 Å². The number of amides is 1. The fourth-order valence-corrected chi connectivity index (χ4v) is 4.78. The zero-order valence-electron chi connectivity index (χ0n) is 15.9. The molecule has 0 spiro atoms. The number of nitro groups is 1. The van der Waals surface area contributed by atoms with Crippen LogP contribution in [0.2, 0.25) is 0 Å². The van der Waals surface area contributed by atoms with Crippen LogP contribution in [0, 0.1) is 10.1 Å². The van der Waals surface area contributed by atoms with Gasteiger partial charge in [0, 0.05) is 34.4 Å². The van der Waals surface area contributed by atoms with Gasteiger partial charge in [-0.25, -0.2) is 9.67 Å². The monoisotopic (exact) mass is 473 g/mol. The van der Waals surface area contributed by atoms with Crippen LogP contribution in [0.1, 0.15) is 4.88 Å². The first-order chi connectivity index (χ1) is 15.1. The summed E-state index contributed by atoms with van der Waals surface area (Å²) in [6, 6.07) is 10.3. The van der Waals surface area contributed by atoms with E-state index in [1.807, 2.05) is 11.4 Å². The van der Waals surface area contributed by atoms with Gasteiger partial charge in [0.2, 0.25) is 11.1 Å². The lowest BCUT2D eigenvalue weighted by Crippen LogP contribution is -2.14. The Labute approximate surface area is 188 Å². The van der Waals surface area contributed by atoms with Crippen LogP contribution >= 0.6 is 34.4 Å². The molecule has 31 heavy (non-hydrogen) atoms. The Kier molecular flexibility index (Phi) is 6.64. The first-order valence-corrected chi connectivity index (χ1v) is 11.7. The summed E-state index contributed by atoms with van der Waals surface area (Å²) in [5.74, 6) is -0.108. The number of nitrogens with one attached hydrogen (secondary N) is 1. The molecule has 3 aromatic heterocycles. The van der Waals surface area contributed by atoms with E-state index in [1.165, 1.54) is 40.1 Å². The summed E-state index contributed by atoms with van der Waals surface area (Å²) in [7, 11) is 0. The van der Waals surface area contributed by atoms with Crippen molar-refractivity contribution in [2.45, 2.75) is 18.1 Å². The Balaban J connectivity index is 1.32. The number of rotatable bonds is 9. The Hall–Kier alpha value is -3.16. The zero-order chi connectivity index (χ0) is 21.6. The maximum absolute atomic E-state index is 12.3. The number of thioether (sulfide) groups is 1. The summed E-state index contributed by atoms with van der Waals surface area (Å²) in [6.07, 6.45) is 0.821. The quantitative estimate of drug-likeness (QED) is 0.221. The molecule has 158 valence electrons. The highest BCUT2D eigenvalue weighted by molar-refractivity contribution is 7.99. The van der Waals surface area contributed by atoms with Crippen molar-refractivity contribution < 1.29 is 9.72 Å². The number of nitrogens with zero attached hydrogens (tertiary/aromatic N) is 6. The van der Waals surface area contributed by atoms with Crippen molar-refractivity contribution in [3.63, 3.8) is 0 Å². The number of thiophene rings is 1. The average Bonchev–Trinajstić information content (AvgIpc) is 3.53. The third kappa shape index (κ3) is 5.51. The summed E-state index contributed by atoms with van der Waals surface area (Å²) in [4.78, 5) is 28.4. The number of thiazole rings is 1. The van der Waals surface area contributed by atoms with Crippen molar-refractivity contribution in [2.24, 2.45) is 0 Å². The van der Waals surface area contributed by atoms with Crippen molar-refractivity contribution >= 4 is 51.2 Å². The van der Waals surface area contributed by atoms with Crippen LogP contribution in [0.15, 0.2) is 52.3 Å². The van der Waals surface area contributed by atoms with Gasteiger partial charge in [-0.15, -0.1) is 27.8 Å². The van der Waals surface area contributed by atoms with Crippen LogP contribution < -0.4 is 5.32 Å². The molecule has 0 unspecified atom stereocenters. The first-order valence-electron chi connectivity index (χ1n) is 9.00. The molecule has 0 saturated carbocycles. The predicted molar refractivity (Wildman–Crippen MR) is 119 cm³/mol. The van der Waals surface area contributed by atoms with Gasteiger partial charge in [-0.1, -0.05) is 30.0 Å². The second-order valence-electron chi connectivity index (χ2n) is 6.20. The largest absolute Gasteiger partial charge is 0.301 e. The van der Waals surface area contributed by atoms with Gasteiger partial charge >= 0.3 is 0 Å². The number of carbonyl (C=O) groups is 1. The molecule has 1 amide bonds. The predicted octanol–water partition coefficient (Wildman–Crippen LogP) is 3.74. The third-order valence-corrected chi connectivity index (χ3v) is 6.74. The topological polar surface area (TPSA) is 129 Å². The molecule has 0 bridgehead atoms. The first kappa shape index (κ1) is 21.1. The fraction of sp³-hybridized carbons (Fsp3) is 0.167. The van der Waals surface area contributed by atoms with Crippen LogP contribution in [0.5, 0.6) is 0 Å². The molecule has 4 aromatic rings. The Bertz CT molecular complexity index is 1190. The molecule has 0 aliphatic carbocycles. The van der Waals surface area contributed by atoms with Crippen molar-refractivity contribution in [1.82, 2.24) is 25.2 Å². The molecule has 0 aliphatic heterocycles. The van der Waals surface area contributed by atoms with E-state index < -0.39 is 4.92 Å². The minimum atomic E-state index is -0.455. The lowest BCUT2D eigenvalue weighted by atomic mass is 10.1. The molecular weight excluding hydrogens is 458 g/mol. The second kappa shape index (κ2) is 9.76. The zero-order valence-corrected chi connectivity index (χ0v) is 18.3. The van der Waals surface area contributed by atoms with Gasteiger partial charge in [0.1, 0.15) is 0 Å². The standard InChI is InChI=1S/C18H15N7O3S3/c26-16(11-31-18-21-22-23-24(18)7-6-14-5-2-8-29-14)20-17-19-15(10-30-17)12-3-1-4-13(9-12)25(27)28/h1-5,8-10H,6-7,11H2,(H,19,20,26). The smallest absolute Gasteiger partial charge is 0.270 e. The van der Waals surface area contributed by atoms with Crippen molar-refractivity contribution in [2.75, 3.05) is 11.1 Å². The lowest BCUT2D eigenvalue weighted by Gasteiger charge is -2.04. The van der Waals surface area contributed by atoms with Crippen molar-refractivity contribution in [1.29, 1.82) is 0 Å². The number of aromatic nitrogens is 5. The SMILES string of the molecule is O=C(CSc1nnnn1CCc1cccs1)Nc1nc(-c2cccc([N+](=O)[O-])c2)cs1. The molecular formula is C18H15N7O3S3. The van der Waals surface area contributed by atoms with E-state index in [0.29, 0.717) is 28.1 Å². The van der Waals surface area contributed by atoms with E-state index in [4.69, 9.17) is 0 Å². The Morgan fingerprint density at radius 2 is 2.16 bits per heavy atom. The van der Waals surface area contributed by atoms with Crippen LogP contribution in [-0.4, -0.2) is 41.8 Å². The molecule has 0 fully saturated rings. The number of non-ortho nitro benzene ring substituents is 1. The van der Waals surface area contributed by atoms with E-state index in [9.17, 15) is 14.9 Å². The van der Waals surface area contributed by atoms with Crippen LogP contribution in [0.4, 0.5) is 10.8 Å². The number of carbonyl (C=O) groups excluding carboxylic acids is 1. The summed E-state index contributed by atoms with van der Waals surface area (Å²) >= 11 is 4.18. The van der Waals surface area contributed by atoms with Gasteiger partial charge in [0.15, 0.2) is 5.13 Å². The van der Waals surface area contributed by atoms with E-state index in [0.717, 1.165) is 6.42 Å². The minimum absolute atomic E-state index is 0.00992. The maximum atomic E-state index is 12.3. The van der Waals surface area contributed by atoms with E-state index in [1.54, 1.807) is 33.5 Å². The maximum Gasteiger partial charge on any atom is 0.270 e. The highest BCUT2D eigenvalue weighted by Gasteiger charge is 2.14. The van der Waals surface area contributed by atoms with Gasteiger partial charge in [0.25, 0.3) is 5.69 Å². The normalized spacial score (nSPS) is 10.8. The van der Waals surface area contributed by atoms with Crippen LogP contribution in [0.25, 0.3) is 11.3 Å². The summed E-state index contributed by atoms with van der Waals surface area (Å²) < 4.78 is 1.68. The third-order valence-electron chi connectivity index (χ3n) is 4.08. The molecule has 0 radical (unpaired) electrons. The lowest BCUT2D eigenvalue weighted by molar-refractivity contribution is -0.384. The Morgan fingerprint density at radius 3 is 2.97 bits per heavy atom. The highest BCUT2D eigenvalue weighted by atomic mass is 32.2. The minimum Gasteiger partial charge on any atom is -0.301 e. The molecule has 0 atom stereocenters. The van der Waals surface area contributed by atoms with Gasteiger partial charge in [-0.3, -0.25) is 14.9 Å². The number of tetrazole rings is 1. The number of benzene rings is 1. The second-order valence-corrected chi connectivity index (χ2v) is 9.03. The molecule has 10 nitrogen and oxygen atoms in total. The van der Waals surface area contributed by atoms with E-state index >= 15 is 0 Å². The average molecular weight is 474 g/mol. The number of anilines is 1. The van der Waals surface area contributed by atoms with Gasteiger partial charge in [-0.05, 0) is 21.9 Å². The molecule has 0 aliphatic rings. The molecule has 1 aromatic carbocycles. The van der Waals surface area contributed by atoms with Gasteiger partial charge in [-0.2, -0.15) is 0 Å². The number of aryl methyl sites for hydroxylation is 2. The fourth-order valence-electron chi connectivity index (χ4n) is 2.64. The number of hydrogen-bond acceptors (Lipinski definition) is 10. The number of nitro benzene ring substituents is 1. The van der Waals surface area contributed by atoms with Gasteiger partial charge < -0.3 is 5.32 Å². The van der Waals surface area contributed by atoms with Crippen molar-refractivity contribution in [3.8, 4) is 11.3 Å².